The molecule has 0 fully saturated rings. The van der Waals surface area contributed by atoms with E-state index in [2.05, 4.69) is 0 Å². The van der Waals surface area contributed by atoms with Gasteiger partial charge in [-0.1, -0.05) is 30.3 Å². The Morgan fingerprint density at radius 2 is 2.00 bits per heavy atom. The van der Waals surface area contributed by atoms with Gasteiger partial charge in [-0.25, -0.2) is 0 Å². The van der Waals surface area contributed by atoms with Gasteiger partial charge in [-0.15, -0.1) is 0 Å². The monoisotopic (exact) mass is 194 g/mol. The zero-order chi connectivity index (χ0) is 10.4. The van der Waals surface area contributed by atoms with Crippen LogP contribution in [0.3, 0.4) is 0 Å². The van der Waals surface area contributed by atoms with Gasteiger partial charge >= 0.3 is 5.97 Å². The number of rotatable bonds is 4. The molecule has 0 unspecified atom stereocenters. The van der Waals surface area contributed by atoms with Crippen LogP contribution in [0, 0.1) is 0 Å². The van der Waals surface area contributed by atoms with Crippen LogP contribution < -0.4 is 11.5 Å². The fraction of sp³-hybridized carbons (Fsp3) is 0.300. The number of hydrogen-bond donors (Lipinski definition) is 2. The number of ether oxygens (including phenoxy) is 1. The van der Waals surface area contributed by atoms with Crippen LogP contribution in [0.25, 0.3) is 0 Å². The Morgan fingerprint density at radius 1 is 1.36 bits per heavy atom. The van der Waals surface area contributed by atoms with Gasteiger partial charge in [-0.05, 0) is 5.56 Å². The van der Waals surface area contributed by atoms with E-state index in [4.69, 9.17) is 16.2 Å². The van der Waals surface area contributed by atoms with E-state index in [0.29, 0.717) is 0 Å². The first kappa shape index (κ1) is 10.7. The number of esters is 1. The van der Waals surface area contributed by atoms with Gasteiger partial charge in [0.25, 0.3) is 0 Å². The molecule has 4 nitrogen and oxygen atoms in total. The van der Waals surface area contributed by atoms with E-state index in [9.17, 15) is 4.79 Å². The van der Waals surface area contributed by atoms with Gasteiger partial charge in [0.1, 0.15) is 12.6 Å². The summed E-state index contributed by atoms with van der Waals surface area (Å²) in [5, 5.41) is 0. The normalized spacial score (nSPS) is 12.1. The second kappa shape index (κ2) is 5.36. The van der Waals surface area contributed by atoms with Crippen molar-refractivity contribution in [3.05, 3.63) is 35.9 Å². The molecule has 1 atom stereocenters. The van der Waals surface area contributed by atoms with Crippen LogP contribution in [0.5, 0.6) is 0 Å². The van der Waals surface area contributed by atoms with Crippen molar-refractivity contribution in [2.45, 2.75) is 12.6 Å². The second-order valence-corrected chi connectivity index (χ2v) is 2.94. The van der Waals surface area contributed by atoms with Gasteiger partial charge in [-0.2, -0.15) is 0 Å². The SMILES string of the molecule is NC[C@H](N)C(=O)OCc1ccccc1. The maximum atomic E-state index is 11.1. The lowest BCUT2D eigenvalue weighted by Gasteiger charge is -2.08. The van der Waals surface area contributed by atoms with E-state index in [-0.39, 0.29) is 13.2 Å². The number of benzene rings is 1. The molecule has 4 heteroatoms. The fourth-order valence-corrected chi connectivity index (χ4v) is 0.932. The van der Waals surface area contributed by atoms with Gasteiger partial charge in [0.2, 0.25) is 0 Å². The molecule has 1 rings (SSSR count). The van der Waals surface area contributed by atoms with Crippen LogP contribution in [0.4, 0.5) is 0 Å². The quantitative estimate of drug-likeness (QED) is 0.662. The first-order valence-corrected chi connectivity index (χ1v) is 4.40. The van der Waals surface area contributed by atoms with Crippen molar-refractivity contribution in [3.63, 3.8) is 0 Å². The van der Waals surface area contributed by atoms with Crippen LogP contribution in [0.1, 0.15) is 5.56 Å². The van der Waals surface area contributed by atoms with E-state index >= 15 is 0 Å². The third kappa shape index (κ3) is 3.16. The summed E-state index contributed by atoms with van der Waals surface area (Å²) in [6.45, 7) is 0.348. The lowest BCUT2D eigenvalue weighted by molar-refractivity contribution is -0.146. The molecule has 0 aliphatic rings. The molecular weight excluding hydrogens is 180 g/mol. The summed E-state index contributed by atoms with van der Waals surface area (Å²) in [5.41, 5.74) is 11.5. The van der Waals surface area contributed by atoms with Crippen LogP contribution in [-0.4, -0.2) is 18.6 Å². The molecule has 1 aromatic carbocycles. The molecule has 0 saturated heterocycles. The molecule has 0 bridgehead atoms. The minimum absolute atomic E-state index is 0.105. The Kier molecular flexibility index (Phi) is 4.10. The van der Waals surface area contributed by atoms with E-state index in [1.807, 2.05) is 30.3 Å². The molecule has 0 aliphatic heterocycles. The summed E-state index contributed by atoms with van der Waals surface area (Å²) in [6, 6.07) is 8.69. The smallest absolute Gasteiger partial charge is 0.324 e. The molecule has 4 N–H and O–H groups in total. The van der Waals surface area contributed by atoms with E-state index < -0.39 is 12.0 Å². The highest BCUT2D eigenvalue weighted by Gasteiger charge is 2.12. The molecule has 0 radical (unpaired) electrons. The lowest BCUT2D eigenvalue weighted by Crippen LogP contribution is -2.38. The average molecular weight is 194 g/mol. The summed E-state index contributed by atoms with van der Waals surface area (Å²) in [4.78, 5) is 11.1. The van der Waals surface area contributed by atoms with Gasteiger partial charge in [0, 0.05) is 6.54 Å². The van der Waals surface area contributed by atoms with Crippen LogP contribution >= 0.6 is 0 Å². The first-order chi connectivity index (χ1) is 6.74. The summed E-state index contributed by atoms with van der Waals surface area (Å²) >= 11 is 0. The molecule has 0 aliphatic carbocycles. The first-order valence-electron chi connectivity index (χ1n) is 4.40. The molecular formula is C10H14N2O2. The Labute approximate surface area is 82.8 Å². The zero-order valence-corrected chi connectivity index (χ0v) is 7.85. The van der Waals surface area contributed by atoms with Crippen molar-refractivity contribution in [3.8, 4) is 0 Å². The summed E-state index contributed by atoms with van der Waals surface area (Å²) < 4.78 is 4.94. The maximum Gasteiger partial charge on any atom is 0.324 e. The Balaban J connectivity index is 2.38. The highest BCUT2D eigenvalue weighted by molar-refractivity contribution is 5.75. The molecule has 14 heavy (non-hydrogen) atoms. The van der Waals surface area contributed by atoms with Gasteiger partial charge in [-0.3, -0.25) is 4.79 Å². The topological polar surface area (TPSA) is 78.3 Å². The van der Waals surface area contributed by atoms with E-state index in [1.54, 1.807) is 0 Å². The van der Waals surface area contributed by atoms with E-state index in [0.717, 1.165) is 5.56 Å². The third-order valence-corrected chi connectivity index (χ3v) is 1.78. The third-order valence-electron chi connectivity index (χ3n) is 1.78. The molecule has 0 amide bonds. The highest BCUT2D eigenvalue weighted by Crippen LogP contribution is 2.00. The van der Waals surface area contributed by atoms with Gasteiger partial charge in [0.05, 0.1) is 0 Å². The minimum atomic E-state index is -0.723. The van der Waals surface area contributed by atoms with Gasteiger partial charge in [0.15, 0.2) is 0 Å². The van der Waals surface area contributed by atoms with Crippen molar-refractivity contribution in [2.75, 3.05) is 6.54 Å². The van der Waals surface area contributed by atoms with Crippen LogP contribution in [0.2, 0.25) is 0 Å². The number of carbonyl (C=O) groups is 1. The largest absolute Gasteiger partial charge is 0.460 e. The van der Waals surface area contributed by atoms with Crippen molar-refractivity contribution in [1.82, 2.24) is 0 Å². The van der Waals surface area contributed by atoms with Crippen molar-refractivity contribution >= 4 is 5.97 Å². The number of nitrogens with two attached hydrogens (primary N) is 2. The lowest BCUT2D eigenvalue weighted by atomic mass is 10.2. The molecule has 0 saturated carbocycles. The highest BCUT2D eigenvalue weighted by atomic mass is 16.5. The zero-order valence-electron chi connectivity index (χ0n) is 7.85. The Morgan fingerprint density at radius 3 is 2.57 bits per heavy atom. The summed E-state index contributed by atoms with van der Waals surface area (Å²) in [5.74, 6) is -0.462. The molecule has 1 aromatic rings. The molecule has 76 valence electrons. The van der Waals surface area contributed by atoms with Crippen LogP contribution in [-0.2, 0) is 16.1 Å². The van der Waals surface area contributed by atoms with Gasteiger partial charge < -0.3 is 16.2 Å². The number of carbonyl (C=O) groups excluding carboxylic acids is 1. The standard InChI is InChI=1S/C10H14N2O2/c11-6-9(12)10(13)14-7-8-4-2-1-3-5-8/h1-5,9H,6-7,11-12H2/t9-/m0/s1. The maximum absolute atomic E-state index is 11.1. The molecule has 0 aromatic heterocycles. The Hall–Kier alpha value is -1.39. The minimum Gasteiger partial charge on any atom is -0.460 e. The molecule has 0 spiro atoms. The molecule has 0 heterocycles. The summed E-state index contributed by atoms with van der Waals surface area (Å²) in [7, 11) is 0. The van der Waals surface area contributed by atoms with Crippen molar-refractivity contribution in [1.29, 1.82) is 0 Å². The van der Waals surface area contributed by atoms with E-state index in [1.165, 1.54) is 0 Å². The number of hydrogen-bond acceptors (Lipinski definition) is 4. The van der Waals surface area contributed by atoms with Crippen molar-refractivity contribution < 1.29 is 9.53 Å². The summed E-state index contributed by atoms with van der Waals surface area (Å²) in [6.07, 6.45) is 0. The predicted molar refractivity (Wildman–Crippen MR) is 53.3 cm³/mol. The predicted octanol–water partition coefficient (Wildman–Crippen LogP) is 0.0158. The Bertz CT molecular complexity index is 287. The second-order valence-electron chi connectivity index (χ2n) is 2.94. The average Bonchev–Trinajstić information content (AvgIpc) is 2.26. The van der Waals surface area contributed by atoms with Crippen molar-refractivity contribution in [2.24, 2.45) is 11.5 Å². The van der Waals surface area contributed by atoms with Crippen LogP contribution in [0.15, 0.2) is 30.3 Å². The fourth-order valence-electron chi connectivity index (χ4n) is 0.932.